The van der Waals surface area contributed by atoms with Gasteiger partial charge < -0.3 is 4.74 Å². The van der Waals surface area contributed by atoms with Crippen LogP contribution in [0.5, 0.6) is 0 Å². The van der Waals surface area contributed by atoms with Crippen molar-refractivity contribution in [3.63, 3.8) is 0 Å². The molecule has 0 heterocycles. The molecule has 0 aromatic heterocycles. The van der Waals surface area contributed by atoms with Crippen LogP contribution in [0.1, 0.15) is 52.0 Å². The van der Waals surface area contributed by atoms with Gasteiger partial charge in [-0.2, -0.15) is 0 Å². The summed E-state index contributed by atoms with van der Waals surface area (Å²) in [5.41, 5.74) is 4.53. The Kier molecular flexibility index (Phi) is 7.95. The molecule has 29 heavy (non-hydrogen) atoms. The van der Waals surface area contributed by atoms with E-state index in [0.29, 0.717) is 27.7 Å². The number of rotatable bonds is 6. The Balaban J connectivity index is 0.000000284. The average molecular weight is 435 g/mol. The minimum absolute atomic E-state index is 0.397. The van der Waals surface area contributed by atoms with Gasteiger partial charge in [-0.15, -0.1) is 0 Å². The summed E-state index contributed by atoms with van der Waals surface area (Å²) < 4.78 is 28.0. The second-order valence-electron chi connectivity index (χ2n) is 7.65. The number of ether oxygens (including phenoxy) is 1. The van der Waals surface area contributed by atoms with Gasteiger partial charge in [0.05, 0.1) is 16.5 Å². The Labute approximate surface area is 180 Å². The van der Waals surface area contributed by atoms with Crippen molar-refractivity contribution in [2.75, 3.05) is 12.9 Å². The van der Waals surface area contributed by atoms with Gasteiger partial charge in [0.2, 0.25) is 0 Å². The highest BCUT2D eigenvalue weighted by atomic mass is 35.5. The highest BCUT2D eigenvalue weighted by molar-refractivity contribution is 7.90. The maximum atomic E-state index is 11.5. The topological polar surface area (TPSA) is 43.4 Å². The summed E-state index contributed by atoms with van der Waals surface area (Å²) >= 11 is 5.63. The summed E-state index contributed by atoms with van der Waals surface area (Å²) in [6.07, 6.45) is 12.3. The zero-order valence-electron chi connectivity index (χ0n) is 17.8. The van der Waals surface area contributed by atoms with E-state index in [1.54, 1.807) is 18.2 Å². The number of halogens is 1. The highest BCUT2D eigenvalue weighted by Crippen LogP contribution is 2.61. The lowest BCUT2D eigenvalue weighted by Crippen LogP contribution is -1.97. The maximum absolute atomic E-state index is 11.5. The summed E-state index contributed by atoms with van der Waals surface area (Å²) in [6, 6.07) is 7.36. The fraction of sp³-hybridized carbons (Fsp3) is 0.417. The van der Waals surface area contributed by atoms with E-state index >= 15 is 0 Å². The third kappa shape index (κ3) is 6.35. The van der Waals surface area contributed by atoms with Gasteiger partial charge in [0.15, 0.2) is 9.84 Å². The Morgan fingerprint density at radius 2 is 1.83 bits per heavy atom. The second-order valence-corrected chi connectivity index (χ2v) is 10.1. The molecular formula is C24H31ClO3S. The molecule has 0 aliphatic heterocycles. The van der Waals surface area contributed by atoms with Crippen LogP contribution in [0.15, 0.2) is 70.3 Å². The van der Waals surface area contributed by atoms with Crippen LogP contribution in [0, 0.1) is 5.41 Å². The molecule has 1 fully saturated rings. The number of allylic oxidation sites excluding steroid dienone is 6. The largest absolute Gasteiger partial charge is 0.493 e. The molecule has 2 aliphatic rings. The van der Waals surface area contributed by atoms with Crippen LogP contribution < -0.4 is 0 Å². The number of sulfone groups is 1. The minimum Gasteiger partial charge on any atom is -0.493 e. The van der Waals surface area contributed by atoms with Gasteiger partial charge in [-0.05, 0) is 80.7 Å². The van der Waals surface area contributed by atoms with E-state index < -0.39 is 9.84 Å². The Bertz CT molecular complexity index is 931. The first-order valence-electron chi connectivity index (χ1n) is 9.95. The Morgan fingerprint density at radius 1 is 1.21 bits per heavy atom. The van der Waals surface area contributed by atoms with Gasteiger partial charge in [0.25, 0.3) is 0 Å². The van der Waals surface area contributed by atoms with Crippen molar-refractivity contribution in [1.82, 2.24) is 0 Å². The average Bonchev–Trinajstić information content (AvgIpc) is 3.34. The number of hydrogen-bond acceptors (Lipinski definition) is 3. The van der Waals surface area contributed by atoms with Crippen molar-refractivity contribution in [1.29, 1.82) is 0 Å². The molecule has 0 N–H and O–H groups in total. The van der Waals surface area contributed by atoms with Crippen molar-refractivity contribution in [3.8, 4) is 0 Å². The van der Waals surface area contributed by atoms with Crippen LogP contribution >= 0.6 is 11.6 Å². The molecule has 0 bridgehead atoms. The molecule has 0 saturated heterocycles. The van der Waals surface area contributed by atoms with E-state index in [1.165, 1.54) is 42.2 Å². The first-order chi connectivity index (χ1) is 13.7. The van der Waals surface area contributed by atoms with E-state index in [4.69, 9.17) is 16.3 Å². The fourth-order valence-electron chi connectivity index (χ4n) is 3.55. The smallest absolute Gasteiger partial charge is 0.175 e. The Morgan fingerprint density at radius 3 is 2.28 bits per heavy atom. The molecule has 158 valence electrons. The van der Waals surface area contributed by atoms with Crippen molar-refractivity contribution in [3.05, 3.63) is 71.0 Å². The molecule has 0 atom stereocenters. The fourth-order valence-corrected chi connectivity index (χ4v) is 4.23. The van der Waals surface area contributed by atoms with E-state index in [1.807, 2.05) is 26.0 Å². The van der Waals surface area contributed by atoms with Gasteiger partial charge in [0, 0.05) is 6.26 Å². The molecule has 1 saturated carbocycles. The van der Waals surface area contributed by atoms with Gasteiger partial charge >= 0.3 is 0 Å². The van der Waals surface area contributed by atoms with Crippen LogP contribution in [-0.2, 0) is 14.6 Å². The van der Waals surface area contributed by atoms with Crippen molar-refractivity contribution in [2.45, 2.75) is 51.3 Å². The highest BCUT2D eigenvalue weighted by Gasteiger charge is 2.47. The standard InChI is InChI=1S/C17H20O2S.C7H11ClO/c1-3-4-14-11-17(9-10-17)12-16(14)13-5-7-15(8-6-13)20(2,18)19;1-4-7(8)6(3)9-5-2/h3-8H,9-12H2,1-2H3;4H,3,5H2,1-2H3/b4-3+;7-4+. The molecule has 3 rings (SSSR count). The summed E-state index contributed by atoms with van der Waals surface area (Å²) in [6.45, 7) is 9.99. The van der Waals surface area contributed by atoms with E-state index in [-0.39, 0.29) is 0 Å². The lowest BCUT2D eigenvalue weighted by atomic mass is 9.99. The predicted molar refractivity (Wildman–Crippen MR) is 123 cm³/mol. The first kappa shape index (κ1) is 23.5. The van der Waals surface area contributed by atoms with E-state index in [0.717, 1.165) is 6.42 Å². The molecule has 0 radical (unpaired) electrons. The van der Waals surface area contributed by atoms with Gasteiger partial charge in [-0.25, -0.2) is 8.42 Å². The zero-order valence-corrected chi connectivity index (χ0v) is 19.4. The summed E-state index contributed by atoms with van der Waals surface area (Å²) in [7, 11) is -3.11. The maximum Gasteiger partial charge on any atom is 0.175 e. The van der Waals surface area contributed by atoms with Crippen molar-refractivity contribution >= 4 is 27.0 Å². The van der Waals surface area contributed by atoms with Crippen LogP contribution in [0.4, 0.5) is 0 Å². The summed E-state index contributed by atoms with van der Waals surface area (Å²) in [5, 5.41) is 0.580. The molecule has 2 aliphatic carbocycles. The monoisotopic (exact) mass is 434 g/mol. The van der Waals surface area contributed by atoms with Gasteiger partial charge in [-0.1, -0.05) is 48.5 Å². The summed E-state index contributed by atoms with van der Waals surface area (Å²) in [4.78, 5) is 0.397. The quantitative estimate of drug-likeness (QED) is 0.370. The molecule has 1 aromatic carbocycles. The van der Waals surface area contributed by atoms with Crippen LogP contribution in [0.25, 0.3) is 5.57 Å². The SMILES string of the molecule is C/C=C/C1=C(c2ccc(S(C)(=O)=O)cc2)CC2(CC2)C1.C=C(OCC)/C(Cl)=C\C. The first-order valence-corrected chi connectivity index (χ1v) is 12.2. The molecule has 3 nitrogen and oxygen atoms in total. The zero-order chi connectivity index (χ0) is 21.7. The second kappa shape index (κ2) is 9.82. The van der Waals surface area contributed by atoms with E-state index in [9.17, 15) is 8.42 Å². The minimum atomic E-state index is -3.11. The van der Waals surface area contributed by atoms with Crippen LogP contribution in [0.2, 0.25) is 0 Å². The molecule has 1 aromatic rings. The molecule has 0 unspecified atom stereocenters. The molecule has 5 heteroatoms. The van der Waals surface area contributed by atoms with Crippen molar-refractivity contribution < 1.29 is 13.2 Å². The molecule has 0 amide bonds. The predicted octanol–water partition coefficient (Wildman–Crippen LogP) is 6.67. The van der Waals surface area contributed by atoms with Crippen LogP contribution in [-0.4, -0.2) is 21.3 Å². The lowest BCUT2D eigenvalue weighted by Gasteiger charge is -2.07. The third-order valence-electron chi connectivity index (χ3n) is 5.30. The normalized spacial score (nSPS) is 18.0. The molecule has 1 spiro atoms. The van der Waals surface area contributed by atoms with Gasteiger partial charge in [0.1, 0.15) is 5.76 Å². The summed E-state index contributed by atoms with van der Waals surface area (Å²) in [5.74, 6) is 0.543. The lowest BCUT2D eigenvalue weighted by molar-refractivity contribution is 0.242. The van der Waals surface area contributed by atoms with E-state index in [2.05, 4.69) is 25.7 Å². The third-order valence-corrected chi connectivity index (χ3v) is 6.86. The van der Waals surface area contributed by atoms with Crippen molar-refractivity contribution in [2.24, 2.45) is 5.41 Å². The van der Waals surface area contributed by atoms with Crippen LogP contribution in [0.3, 0.4) is 0 Å². The number of benzene rings is 1. The number of hydrogen-bond donors (Lipinski definition) is 0. The molecular weight excluding hydrogens is 404 g/mol. The Hall–Kier alpha value is -1.78. The van der Waals surface area contributed by atoms with Gasteiger partial charge in [-0.3, -0.25) is 0 Å².